The van der Waals surface area contributed by atoms with Crippen LogP contribution in [0.15, 0.2) is 24.3 Å². The van der Waals surface area contributed by atoms with Gasteiger partial charge in [-0.15, -0.1) is 11.3 Å². The third kappa shape index (κ3) is 5.76. The van der Waals surface area contributed by atoms with Crippen molar-refractivity contribution in [1.82, 2.24) is 15.6 Å². The third-order valence-electron chi connectivity index (χ3n) is 4.74. The van der Waals surface area contributed by atoms with Gasteiger partial charge < -0.3 is 10.1 Å². The summed E-state index contributed by atoms with van der Waals surface area (Å²) in [7, 11) is 0. The van der Waals surface area contributed by atoms with Crippen molar-refractivity contribution in [2.45, 2.75) is 64.0 Å². The Labute approximate surface area is 167 Å². The minimum absolute atomic E-state index is 0.105. The van der Waals surface area contributed by atoms with Gasteiger partial charge in [0, 0.05) is 12.5 Å². The first-order chi connectivity index (χ1) is 13.5. The smallest absolute Gasteiger partial charge is 0.321 e. The van der Waals surface area contributed by atoms with Crippen LogP contribution in [0.1, 0.15) is 50.5 Å². The van der Waals surface area contributed by atoms with Crippen molar-refractivity contribution in [3.63, 3.8) is 0 Å². The van der Waals surface area contributed by atoms with Gasteiger partial charge in [-0.05, 0) is 31.9 Å². The van der Waals surface area contributed by atoms with E-state index >= 15 is 0 Å². The van der Waals surface area contributed by atoms with E-state index < -0.39 is 24.0 Å². The van der Waals surface area contributed by atoms with Crippen molar-refractivity contribution in [2.75, 3.05) is 0 Å². The summed E-state index contributed by atoms with van der Waals surface area (Å²) >= 11 is 1.54. The molecular formula is C20H25N3O4S. The summed E-state index contributed by atoms with van der Waals surface area (Å²) in [6, 6.07) is 7.36. The molecule has 1 unspecified atom stereocenters. The molecule has 28 heavy (non-hydrogen) atoms. The summed E-state index contributed by atoms with van der Waals surface area (Å²) in [4.78, 5) is 40.5. The molecule has 1 aliphatic rings. The predicted octanol–water partition coefficient (Wildman–Crippen LogP) is 3.32. The molecule has 1 aliphatic carbocycles. The van der Waals surface area contributed by atoms with Gasteiger partial charge in [0.1, 0.15) is 0 Å². The number of ether oxygens (including phenoxy) is 1. The number of hydrogen-bond donors (Lipinski definition) is 2. The lowest BCUT2D eigenvalue weighted by Gasteiger charge is -2.23. The lowest BCUT2D eigenvalue weighted by Crippen LogP contribution is -2.48. The molecule has 0 radical (unpaired) electrons. The van der Waals surface area contributed by atoms with E-state index in [1.165, 1.54) is 24.7 Å². The highest BCUT2D eigenvalue weighted by Crippen LogP contribution is 2.22. The van der Waals surface area contributed by atoms with Crippen molar-refractivity contribution in [1.29, 1.82) is 0 Å². The summed E-state index contributed by atoms with van der Waals surface area (Å²) < 4.78 is 6.22. The molecule has 0 spiro atoms. The number of para-hydroxylation sites is 1. The van der Waals surface area contributed by atoms with Crippen LogP contribution in [0.5, 0.6) is 0 Å². The van der Waals surface area contributed by atoms with Gasteiger partial charge in [0.05, 0.1) is 21.6 Å². The van der Waals surface area contributed by atoms with Crippen molar-refractivity contribution >= 4 is 39.5 Å². The fourth-order valence-electron chi connectivity index (χ4n) is 3.23. The first-order valence-corrected chi connectivity index (χ1v) is 10.5. The number of urea groups is 1. The van der Waals surface area contributed by atoms with Crippen molar-refractivity contribution in [3.05, 3.63) is 29.3 Å². The van der Waals surface area contributed by atoms with Gasteiger partial charge in [-0.1, -0.05) is 31.4 Å². The number of nitrogens with one attached hydrogen (secondary N) is 2. The molecule has 7 nitrogen and oxygen atoms in total. The number of esters is 1. The third-order valence-corrected chi connectivity index (χ3v) is 5.83. The van der Waals surface area contributed by atoms with Gasteiger partial charge in [0.2, 0.25) is 0 Å². The average molecular weight is 404 g/mol. The molecule has 2 aromatic rings. The standard InChI is InChI=1S/C20H25N3O4S/c1-13(19(25)23-20(26)21-14-7-3-2-4-8-14)27-18(24)12-11-17-22-15-9-5-6-10-16(15)28-17/h5-6,9-10,13-14H,2-4,7-8,11-12H2,1H3,(H2,21,23,25,26). The Morgan fingerprint density at radius 2 is 1.96 bits per heavy atom. The predicted molar refractivity (Wildman–Crippen MR) is 107 cm³/mol. The lowest BCUT2D eigenvalue weighted by molar-refractivity contribution is -0.154. The number of benzene rings is 1. The summed E-state index contributed by atoms with van der Waals surface area (Å²) in [5.74, 6) is -1.11. The summed E-state index contributed by atoms with van der Waals surface area (Å²) in [5, 5.41) is 5.90. The molecule has 1 fully saturated rings. The van der Waals surface area contributed by atoms with Crippen LogP contribution in [-0.2, 0) is 20.7 Å². The number of carbonyl (C=O) groups is 3. The Morgan fingerprint density at radius 3 is 2.71 bits per heavy atom. The average Bonchev–Trinajstić information content (AvgIpc) is 3.10. The highest BCUT2D eigenvalue weighted by atomic mass is 32.1. The number of nitrogens with zero attached hydrogens (tertiary/aromatic N) is 1. The second-order valence-corrected chi connectivity index (χ2v) is 8.12. The monoisotopic (exact) mass is 403 g/mol. The number of carbonyl (C=O) groups excluding carboxylic acids is 3. The first-order valence-electron chi connectivity index (χ1n) is 9.66. The molecule has 8 heteroatoms. The highest BCUT2D eigenvalue weighted by molar-refractivity contribution is 7.18. The maximum atomic E-state index is 12.1. The number of rotatable bonds is 6. The van der Waals surface area contributed by atoms with Crippen LogP contribution in [0.25, 0.3) is 10.2 Å². The normalized spacial score (nSPS) is 15.8. The number of imide groups is 1. The molecule has 0 aliphatic heterocycles. The maximum absolute atomic E-state index is 12.1. The second kappa shape index (κ2) is 9.64. The van der Waals surface area contributed by atoms with Crippen LogP contribution in [0, 0.1) is 0 Å². The van der Waals surface area contributed by atoms with E-state index in [4.69, 9.17) is 4.74 Å². The number of thiazole rings is 1. The van der Waals surface area contributed by atoms with Crippen molar-refractivity contribution in [2.24, 2.45) is 0 Å². The Balaban J connectivity index is 1.40. The largest absolute Gasteiger partial charge is 0.453 e. The Morgan fingerprint density at radius 1 is 1.21 bits per heavy atom. The van der Waals surface area contributed by atoms with Gasteiger partial charge in [-0.25, -0.2) is 9.78 Å². The quantitative estimate of drug-likeness (QED) is 0.721. The van der Waals surface area contributed by atoms with Gasteiger partial charge in [-0.3, -0.25) is 14.9 Å². The number of amides is 3. The Kier molecular flexibility index (Phi) is 6.97. The van der Waals surface area contributed by atoms with Gasteiger partial charge in [0.25, 0.3) is 5.91 Å². The van der Waals surface area contributed by atoms with Crippen molar-refractivity contribution < 1.29 is 19.1 Å². The number of aromatic nitrogens is 1. The van der Waals surface area contributed by atoms with E-state index in [9.17, 15) is 14.4 Å². The van der Waals surface area contributed by atoms with E-state index in [1.54, 1.807) is 0 Å². The first kappa shape index (κ1) is 20.3. The fourth-order valence-corrected chi connectivity index (χ4v) is 4.19. The summed E-state index contributed by atoms with van der Waals surface area (Å²) in [5.41, 5.74) is 0.910. The topological polar surface area (TPSA) is 97.4 Å². The van der Waals surface area contributed by atoms with E-state index in [0.29, 0.717) is 6.42 Å². The Hall–Kier alpha value is -2.48. The van der Waals surface area contributed by atoms with E-state index in [2.05, 4.69) is 15.6 Å². The Bertz CT molecular complexity index is 812. The molecule has 1 heterocycles. The second-order valence-electron chi connectivity index (χ2n) is 7.01. The number of aryl methyl sites for hydroxylation is 1. The van der Waals surface area contributed by atoms with Crippen LogP contribution in [0.3, 0.4) is 0 Å². The summed E-state index contributed by atoms with van der Waals surface area (Å²) in [6.45, 7) is 1.46. The minimum atomic E-state index is -1.03. The van der Waals surface area contributed by atoms with Crippen LogP contribution in [0.4, 0.5) is 4.79 Å². The van der Waals surface area contributed by atoms with Gasteiger partial charge in [0.15, 0.2) is 6.10 Å². The number of fused-ring (bicyclic) bond motifs is 1. The molecule has 1 aromatic carbocycles. The van der Waals surface area contributed by atoms with Gasteiger partial charge >= 0.3 is 12.0 Å². The molecule has 1 atom stereocenters. The van der Waals surface area contributed by atoms with Crippen LogP contribution < -0.4 is 10.6 Å². The molecule has 150 valence electrons. The molecule has 0 saturated heterocycles. The molecule has 1 aromatic heterocycles. The van der Waals surface area contributed by atoms with E-state index in [1.807, 2.05) is 24.3 Å². The van der Waals surface area contributed by atoms with Gasteiger partial charge in [-0.2, -0.15) is 0 Å². The molecule has 2 N–H and O–H groups in total. The van der Waals surface area contributed by atoms with Crippen molar-refractivity contribution in [3.8, 4) is 0 Å². The molecular weight excluding hydrogens is 378 g/mol. The zero-order valence-corrected chi connectivity index (χ0v) is 16.7. The van der Waals surface area contributed by atoms with Crippen LogP contribution in [-0.4, -0.2) is 35.0 Å². The minimum Gasteiger partial charge on any atom is -0.453 e. The SMILES string of the molecule is CC(OC(=O)CCc1nc2ccccc2s1)C(=O)NC(=O)NC1CCCCC1. The zero-order chi connectivity index (χ0) is 19.9. The zero-order valence-electron chi connectivity index (χ0n) is 15.9. The molecule has 3 amide bonds. The number of hydrogen-bond acceptors (Lipinski definition) is 6. The lowest BCUT2D eigenvalue weighted by atomic mass is 9.96. The highest BCUT2D eigenvalue weighted by Gasteiger charge is 2.22. The fraction of sp³-hybridized carbons (Fsp3) is 0.500. The van der Waals surface area contributed by atoms with Crippen LogP contribution >= 0.6 is 11.3 Å². The molecule has 0 bridgehead atoms. The van der Waals surface area contributed by atoms with E-state index in [0.717, 1.165) is 40.9 Å². The molecule has 1 saturated carbocycles. The summed E-state index contributed by atoms with van der Waals surface area (Å²) in [6.07, 6.45) is 4.77. The van der Waals surface area contributed by atoms with Crippen LogP contribution in [0.2, 0.25) is 0 Å². The maximum Gasteiger partial charge on any atom is 0.321 e. The molecule has 3 rings (SSSR count). The van der Waals surface area contributed by atoms with E-state index in [-0.39, 0.29) is 12.5 Å².